The van der Waals surface area contributed by atoms with Gasteiger partial charge in [0.05, 0.1) is 12.7 Å². The fourth-order valence-electron chi connectivity index (χ4n) is 5.39. The first-order valence-electron chi connectivity index (χ1n) is 9.52. The van der Waals surface area contributed by atoms with E-state index in [9.17, 15) is 15.0 Å². The van der Waals surface area contributed by atoms with Crippen LogP contribution in [0.25, 0.3) is 0 Å². The zero-order valence-electron chi connectivity index (χ0n) is 16.1. The van der Waals surface area contributed by atoms with Gasteiger partial charge in [-0.25, -0.2) is 0 Å². The summed E-state index contributed by atoms with van der Waals surface area (Å²) in [7, 11) is 1.61. The molecular formula is C21H32O4. The molecule has 140 valence electrons. The van der Waals surface area contributed by atoms with Crippen molar-refractivity contribution in [3.05, 3.63) is 22.8 Å². The van der Waals surface area contributed by atoms with Gasteiger partial charge in [-0.3, -0.25) is 4.79 Å². The van der Waals surface area contributed by atoms with E-state index in [1.54, 1.807) is 7.11 Å². The molecule has 2 unspecified atom stereocenters. The summed E-state index contributed by atoms with van der Waals surface area (Å²) < 4.78 is 5.30. The Labute approximate surface area is 151 Å². The van der Waals surface area contributed by atoms with Crippen LogP contribution in [-0.2, 0) is 9.53 Å². The van der Waals surface area contributed by atoms with Crippen molar-refractivity contribution in [3.63, 3.8) is 0 Å². The molecule has 2 N–H and O–H groups in total. The van der Waals surface area contributed by atoms with Gasteiger partial charge >= 0.3 is 0 Å². The van der Waals surface area contributed by atoms with Crippen LogP contribution in [0, 0.1) is 23.2 Å². The predicted octanol–water partition coefficient (Wildman–Crippen LogP) is 3.03. The second kappa shape index (κ2) is 6.33. The molecule has 0 heterocycles. The van der Waals surface area contributed by atoms with Crippen LogP contribution in [-0.4, -0.2) is 41.4 Å². The molecule has 3 aliphatic carbocycles. The number of Topliss-reactive ketones (excluding diaryl/α,β-unsaturated/α-hetero) is 1. The number of carbonyl (C=O) groups is 1. The Bertz CT molecular complexity index is 632. The zero-order chi connectivity index (χ0) is 18.6. The van der Waals surface area contributed by atoms with Crippen molar-refractivity contribution in [1.82, 2.24) is 0 Å². The monoisotopic (exact) mass is 348 g/mol. The Balaban J connectivity index is 2.18. The minimum absolute atomic E-state index is 0.0540. The summed E-state index contributed by atoms with van der Waals surface area (Å²) in [4.78, 5) is 12.7. The Morgan fingerprint density at radius 2 is 2.08 bits per heavy atom. The fourth-order valence-corrected chi connectivity index (χ4v) is 5.39. The third kappa shape index (κ3) is 2.92. The van der Waals surface area contributed by atoms with Gasteiger partial charge in [0.1, 0.15) is 5.60 Å². The molecule has 0 aromatic carbocycles. The van der Waals surface area contributed by atoms with Crippen LogP contribution < -0.4 is 0 Å². The molecule has 5 atom stereocenters. The van der Waals surface area contributed by atoms with E-state index in [0.717, 1.165) is 23.1 Å². The lowest BCUT2D eigenvalue weighted by molar-refractivity contribution is -0.116. The molecule has 0 spiro atoms. The Morgan fingerprint density at radius 1 is 1.40 bits per heavy atom. The van der Waals surface area contributed by atoms with Crippen LogP contribution in [0.5, 0.6) is 0 Å². The van der Waals surface area contributed by atoms with E-state index < -0.39 is 17.1 Å². The lowest BCUT2D eigenvalue weighted by Crippen LogP contribution is -2.38. The summed E-state index contributed by atoms with van der Waals surface area (Å²) >= 11 is 0. The summed E-state index contributed by atoms with van der Waals surface area (Å²) in [6.45, 7) is 8.52. The molecule has 0 aromatic heterocycles. The number of carbonyl (C=O) groups excluding carboxylic acids is 1. The number of aliphatic hydroxyl groups excluding tert-OH is 1. The van der Waals surface area contributed by atoms with Crippen molar-refractivity contribution in [3.8, 4) is 0 Å². The summed E-state index contributed by atoms with van der Waals surface area (Å²) in [6.07, 6.45) is 4.16. The number of ketones is 1. The highest BCUT2D eigenvalue weighted by molar-refractivity contribution is 6.00. The largest absolute Gasteiger partial charge is 0.392 e. The van der Waals surface area contributed by atoms with E-state index in [4.69, 9.17) is 4.74 Å². The Hall–Kier alpha value is -0.970. The van der Waals surface area contributed by atoms with Gasteiger partial charge in [-0.05, 0) is 48.2 Å². The molecule has 0 amide bonds. The first-order valence-corrected chi connectivity index (χ1v) is 9.52. The van der Waals surface area contributed by atoms with Crippen LogP contribution in [0.2, 0.25) is 0 Å². The number of allylic oxidation sites excluding steroid dienone is 2. The lowest BCUT2D eigenvalue weighted by atomic mass is 9.69. The van der Waals surface area contributed by atoms with Gasteiger partial charge in [-0.15, -0.1) is 0 Å². The van der Waals surface area contributed by atoms with Crippen molar-refractivity contribution < 1.29 is 19.7 Å². The predicted molar refractivity (Wildman–Crippen MR) is 97.0 cm³/mol. The fraction of sp³-hybridized carbons (Fsp3) is 0.762. The Kier molecular flexibility index (Phi) is 4.76. The molecule has 4 heteroatoms. The van der Waals surface area contributed by atoms with Crippen molar-refractivity contribution >= 4 is 5.78 Å². The van der Waals surface area contributed by atoms with Gasteiger partial charge in [-0.2, -0.15) is 0 Å². The van der Waals surface area contributed by atoms with E-state index in [-0.39, 0.29) is 30.1 Å². The number of fused-ring (bicyclic) bond motifs is 2. The standard InChI is InChI=1S/C21H32O4/c1-12(2)19-15-8-17(22)13(3)14-6-7-21(24,11-25-5)16(14)9-20(15,4)10-18(19)23/h9,12-14,17,22,24H,6-8,10-11H2,1-5H3/b16-9+/t13-,14+,17?,20+,21?/m1/s1. The molecular weight excluding hydrogens is 316 g/mol. The van der Waals surface area contributed by atoms with Crippen LogP contribution >= 0.6 is 0 Å². The summed E-state index contributed by atoms with van der Waals surface area (Å²) in [5.74, 6) is 0.544. The smallest absolute Gasteiger partial charge is 0.160 e. The van der Waals surface area contributed by atoms with E-state index in [2.05, 4.69) is 19.9 Å². The molecule has 0 aromatic rings. The number of hydrogen-bond acceptors (Lipinski definition) is 4. The molecule has 3 rings (SSSR count). The molecule has 1 fully saturated rings. The first kappa shape index (κ1) is 18.8. The SMILES string of the molecule is COCC1(O)CC[C@@H]2/C1=C\[C@@]1(C)CC(=O)C(C(C)C)=C1CC(O)[C@@H]2C. The molecule has 0 bridgehead atoms. The molecule has 1 saturated carbocycles. The van der Waals surface area contributed by atoms with E-state index in [1.165, 1.54) is 0 Å². The minimum Gasteiger partial charge on any atom is -0.392 e. The van der Waals surface area contributed by atoms with Crippen molar-refractivity contribution in [2.75, 3.05) is 13.7 Å². The number of aliphatic hydroxyl groups is 2. The average molecular weight is 348 g/mol. The average Bonchev–Trinajstić information content (AvgIpc) is 2.93. The van der Waals surface area contributed by atoms with Gasteiger partial charge in [0.25, 0.3) is 0 Å². The molecule has 25 heavy (non-hydrogen) atoms. The molecule has 0 radical (unpaired) electrons. The van der Waals surface area contributed by atoms with Crippen molar-refractivity contribution in [1.29, 1.82) is 0 Å². The van der Waals surface area contributed by atoms with Crippen molar-refractivity contribution in [2.24, 2.45) is 23.2 Å². The maximum Gasteiger partial charge on any atom is 0.160 e. The highest BCUT2D eigenvalue weighted by Crippen LogP contribution is 2.54. The van der Waals surface area contributed by atoms with Gasteiger partial charge in [0, 0.05) is 18.9 Å². The second-order valence-corrected chi connectivity index (χ2v) is 8.90. The van der Waals surface area contributed by atoms with Crippen molar-refractivity contribution in [2.45, 2.75) is 65.1 Å². The normalized spacial score (nSPS) is 43.6. The summed E-state index contributed by atoms with van der Waals surface area (Å²) in [5.41, 5.74) is 1.54. The third-order valence-corrected chi connectivity index (χ3v) is 6.74. The van der Waals surface area contributed by atoms with Crippen LogP contribution in [0.4, 0.5) is 0 Å². The van der Waals surface area contributed by atoms with Gasteiger partial charge < -0.3 is 14.9 Å². The van der Waals surface area contributed by atoms with E-state index in [1.807, 2.05) is 13.8 Å². The number of hydrogen-bond donors (Lipinski definition) is 2. The quantitative estimate of drug-likeness (QED) is 0.770. The highest BCUT2D eigenvalue weighted by atomic mass is 16.5. The molecule has 4 nitrogen and oxygen atoms in total. The number of methoxy groups -OCH3 is 1. The topological polar surface area (TPSA) is 66.8 Å². The summed E-state index contributed by atoms with van der Waals surface area (Å²) in [5, 5.41) is 22.1. The van der Waals surface area contributed by atoms with Gasteiger partial charge in [-0.1, -0.05) is 39.3 Å². The van der Waals surface area contributed by atoms with E-state index >= 15 is 0 Å². The first-order chi connectivity index (χ1) is 11.6. The third-order valence-electron chi connectivity index (χ3n) is 6.74. The highest BCUT2D eigenvalue weighted by Gasteiger charge is 2.51. The van der Waals surface area contributed by atoms with Gasteiger partial charge in [0.2, 0.25) is 0 Å². The van der Waals surface area contributed by atoms with Gasteiger partial charge in [0.15, 0.2) is 5.78 Å². The number of rotatable bonds is 3. The molecule has 3 aliphatic rings. The lowest BCUT2D eigenvalue weighted by Gasteiger charge is -2.38. The van der Waals surface area contributed by atoms with E-state index in [0.29, 0.717) is 19.3 Å². The molecule has 0 saturated heterocycles. The Morgan fingerprint density at radius 3 is 2.68 bits per heavy atom. The number of ether oxygens (including phenoxy) is 1. The van der Waals surface area contributed by atoms with Crippen LogP contribution in [0.3, 0.4) is 0 Å². The maximum absolute atomic E-state index is 12.7. The zero-order valence-corrected chi connectivity index (χ0v) is 16.1. The van der Waals surface area contributed by atoms with Crippen LogP contribution in [0.15, 0.2) is 22.8 Å². The minimum atomic E-state index is -0.984. The van der Waals surface area contributed by atoms with Crippen LogP contribution in [0.1, 0.15) is 53.4 Å². The summed E-state index contributed by atoms with van der Waals surface area (Å²) in [6, 6.07) is 0. The second-order valence-electron chi connectivity index (χ2n) is 8.90. The maximum atomic E-state index is 12.7. The molecule has 0 aliphatic heterocycles.